The molecule has 0 aliphatic carbocycles. The molecule has 0 aliphatic heterocycles. The molecular formula is C19H21N5O3S2. The number of anilines is 2. The zero-order valence-corrected chi connectivity index (χ0v) is 17.7. The molecule has 0 saturated heterocycles. The van der Waals surface area contributed by atoms with Gasteiger partial charge >= 0.3 is 0 Å². The molecule has 29 heavy (non-hydrogen) atoms. The van der Waals surface area contributed by atoms with Crippen LogP contribution in [0.25, 0.3) is 0 Å². The Morgan fingerprint density at radius 1 is 1.17 bits per heavy atom. The summed E-state index contributed by atoms with van der Waals surface area (Å²) in [7, 11) is 0. The molecule has 10 heteroatoms. The van der Waals surface area contributed by atoms with Gasteiger partial charge < -0.3 is 9.84 Å². The molecule has 2 heterocycles. The second-order valence-corrected chi connectivity index (χ2v) is 8.49. The second-order valence-electron chi connectivity index (χ2n) is 6.29. The number of nitrogens with one attached hydrogen (secondary N) is 2. The second kappa shape index (κ2) is 10.2. The minimum absolute atomic E-state index is 0.129. The van der Waals surface area contributed by atoms with E-state index in [-0.39, 0.29) is 17.4 Å². The summed E-state index contributed by atoms with van der Waals surface area (Å²) in [6.45, 7) is 3.87. The molecule has 0 atom stereocenters. The molecule has 0 unspecified atom stereocenters. The Hall–Kier alpha value is -2.72. The number of thioether (sulfide) groups is 1. The number of hydrogen-bond donors (Lipinski definition) is 2. The quantitative estimate of drug-likeness (QED) is 0.387. The fourth-order valence-corrected chi connectivity index (χ4v) is 3.96. The van der Waals surface area contributed by atoms with Crippen LogP contribution in [-0.2, 0) is 11.2 Å². The van der Waals surface area contributed by atoms with Gasteiger partial charge in [0.1, 0.15) is 5.76 Å². The molecule has 3 rings (SSSR count). The topological polar surface area (TPSA) is 110 Å². The van der Waals surface area contributed by atoms with Crippen molar-refractivity contribution in [2.45, 2.75) is 37.4 Å². The van der Waals surface area contributed by atoms with Crippen molar-refractivity contribution in [1.82, 2.24) is 15.4 Å². The van der Waals surface area contributed by atoms with Crippen molar-refractivity contribution in [2.75, 3.05) is 16.4 Å². The maximum absolute atomic E-state index is 12.2. The van der Waals surface area contributed by atoms with E-state index in [0.717, 1.165) is 24.9 Å². The lowest BCUT2D eigenvalue weighted by molar-refractivity contribution is -0.113. The van der Waals surface area contributed by atoms with Gasteiger partial charge in [-0.3, -0.25) is 14.9 Å². The van der Waals surface area contributed by atoms with Gasteiger partial charge in [0.2, 0.25) is 11.0 Å². The standard InChI is InChI=1S/C19H21N5O3S2/c1-3-4-5-13-6-8-14(9-7-13)20-16(25)11-28-19-23-22-18(29-19)21-17(26)15-10-12(2)27-24-15/h6-10H,3-5,11H2,1-2H3,(H,20,25)(H,21,22,26). The Balaban J connectivity index is 1.45. The maximum atomic E-state index is 12.2. The van der Waals surface area contributed by atoms with Crippen molar-refractivity contribution in [1.29, 1.82) is 0 Å². The Morgan fingerprint density at radius 3 is 2.66 bits per heavy atom. The minimum atomic E-state index is -0.422. The fourth-order valence-electron chi connectivity index (χ4n) is 2.41. The molecule has 2 aromatic heterocycles. The number of carbonyl (C=O) groups excluding carboxylic acids is 2. The normalized spacial score (nSPS) is 10.7. The molecule has 8 nitrogen and oxygen atoms in total. The van der Waals surface area contributed by atoms with Crippen molar-refractivity contribution in [3.05, 3.63) is 47.3 Å². The van der Waals surface area contributed by atoms with Crippen molar-refractivity contribution in [2.24, 2.45) is 0 Å². The van der Waals surface area contributed by atoms with E-state index < -0.39 is 5.91 Å². The predicted octanol–water partition coefficient (Wildman–Crippen LogP) is 4.16. The van der Waals surface area contributed by atoms with Gasteiger partial charge in [0.05, 0.1) is 5.75 Å². The lowest BCUT2D eigenvalue weighted by Gasteiger charge is -2.05. The maximum Gasteiger partial charge on any atom is 0.279 e. The van der Waals surface area contributed by atoms with Crippen LogP contribution in [0.3, 0.4) is 0 Å². The highest BCUT2D eigenvalue weighted by molar-refractivity contribution is 8.01. The summed E-state index contributed by atoms with van der Waals surface area (Å²) in [5.41, 5.74) is 2.21. The highest BCUT2D eigenvalue weighted by Gasteiger charge is 2.14. The van der Waals surface area contributed by atoms with Crippen LogP contribution in [-0.4, -0.2) is 32.9 Å². The Labute approximate surface area is 176 Å². The van der Waals surface area contributed by atoms with Crippen LogP contribution in [0, 0.1) is 6.92 Å². The third-order valence-corrected chi connectivity index (χ3v) is 5.84. The monoisotopic (exact) mass is 431 g/mol. The summed E-state index contributed by atoms with van der Waals surface area (Å²) in [5, 5.41) is 17.3. The van der Waals surface area contributed by atoms with E-state index in [9.17, 15) is 9.59 Å². The van der Waals surface area contributed by atoms with E-state index in [1.54, 1.807) is 6.92 Å². The van der Waals surface area contributed by atoms with E-state index in [1.807, 2.05) is 24.3 Å². The number of aromatic nitrogens is 3. The van der Waals surface area contributed by atoms with E-state index >= 15 is 0 Å². The number of hydrogen-bond acceptors (Lipinski definition) is 8. The lowest BCUT2D eigenvalue weighted by atomic mass is 10.1. The number of benzene rings is 1. The Morgan fingerprint density at radius 2 is 1.97 bits per heavy atom. The summed E-state index contributed by atoms with van der Waals surface area (Å²) in [6, 6.07) is 9.44. The fraction of sp³-hybridized carbons (Fsp3) is 0.316. The van der Waals surface area contributed by atoms with Gasteiger partial charge in [0.15, 0.2) is 10.0 Å². The van der Waals surface area contributed by atoms with Gasteiger partial charge in [-0.2, -0.15) is 0 Å². The van der Waals surface area contributed by atoms with Crippen molar-refractivity contribution >= 4 is 45.7 Å². The number of amides is 2. The van der Waals surface area contributed by atoms with Crippen molar-refractivity contribution in [3.8, 4) is 0 Å². The average molecular weight is 432 g/mol. The molecule has 1 aromatic carbocycles. The van der Waals surface area contributed by atoms with Crippen LogP contribution < -0.4 is 10.6 Å². The zero-order valence-electron chi connectivity index (χ0n) is 16.1. The SMILES string of the molecule is CCCCc1ccc(NC(=O)CSc2nnc(NC(=O)c3cc(C)on3)s2)cc1. The molecule has 0 aliphatic rings. The Bertz CT molecular complexity index is 968. The van der Waals surface area contributed by atoms with Gasteiger partial charge in [-0.15, -0.1) is 10.2 Å². The minimum Gasteiger partial charge on any atom is -0.361 e. The first kappa shape index (κ1) is 21.0. The molecule has 3 aromatic rings. The highest BCUT2D eigenvalue weighted by atomic mass is 32.2. The first-order valence-electron chi connectivity index (χ1n) is 9.13. The lowest BCUT2D eigenvalue weighted by Crippen LogP contribution is -2.13. The van der Waals surface area contributed by atoms with Crippen LogP contribution >= 0.6 is 23.1 Å². The summed E-state index contributed by atoms with van der Waals surface area (Å²) >= 11 is 2.45. The van der Waals surface area contributed by atoms with Gasteiger partial charge in [-0.25, -0.2) is 0 Å². The van der Waals surface area contributed by atoms with Crippen LogP contribution in [0.15, 0.2) is 39.2 Å². The first-order chi connectivity index (χ1) is 14.0. The van der Waals surface area contributed by atoms with Crippen molar-refractivity contribution < 1.29 is 14.1 Å². The Kier molecular flexibility index (Phi) is 7.36. The van der Waals surface area contributed by atoms with Gasteiger partial charge in [0.25, 0.3) is 5.91 Å². The number of rotatable bonds is 9. The summed E-state index contributed by atoms with van der Waals surface area (Å²) < 4.78 is 5.46. The smallest absolute Gasteiger partial charge is 0.279 e. The van der Waals surface area contributed by atoms with Crippen LogP contribution in [0.1, 0.15) is 41.6 Å². The predicted molar refractivity (Wildman–Crippen MR) is 114 cm³/mol. The molecule has 0 bridgehead atoms. The molecule has 152 valence electrons. The third-order valence-electron chi connectivity index (χ3n) is 3.87. The molecule has 2 N–H and O–H groups in total. The highest BCUT2D eigenvalue weighted by Crippen LogP contribution is 2.26. The molecule has 0 radical (unpaired) electrons. The van der Waals surface area contributed by atoms with Gasteiger partial charge in [-0.1, -0.05) is 53.7 Å². The van der Waals surface area contributed by atoms with E-state index in [2.05, 4.69) is 32.9 Å². The summed E-state index contributed by atoms with van der Waals surface area (Å²) in [5.74, 6) is 0.193. The first-order valence-corrected chi connectivity index (χ1v) is 10.9. The number of unbranched alkanes of at least 4 members (excludes halogenated alkanes) is 1. The molecule has 0 saturated carbocycles. The zero-order chi connectivity index (χ0) is 20.6. The molecular weight excluding hydrogens is 410 g/mol. The number of nitrogens with zero attached hydrogens (tertiary/aromatic N) is 3. The summed E-state index contributed by atoms with van der Waals surface area (Å²) in [6.07, 6.45) is 3.37. The van der Waals surface area contributed by atoms with Crippen molar-refractivity contribution in [3.63, 3.8) is 0 Å². The third kappa shape index (κ3) is 6.40. The van der Waals surface area contributed by atoms with Crippen LogP contribution in [0.2, 0.25) is 0 Å². The molecule has 0 spiro atoms. The number of carbonyl (C=O) groups is 2. The van der Waals surface area contributed by atoms with Crippen LogP contribution in [0.5, 0.6) is 0 Å². The number of aryl methyl sites for hydroxylation is 2. The van der Waals surface area contributed by atoms with Gasteiger partial charge in [-0.05, 0) is 37.5 Å². The molecule has 0 fully saturated rings. The van der Waals surface area contributed by atoms with E-state index in [4.69, 9.17) is 4.52 Å². The van der Waals surface area contributed by atoms with E-state index in [0.29, 0.717) is 15.2 Å². The largest absolute Gasteiger partial charge is 0.361 e. The van der Waals surface area contributed by atoms with E-state index in [1.165, 1.54) is 34.7 Å². The van der Waals surface area contributed by atoms with Gasteiger partial charge in [0, 0.05) is 11.8 Å². The van der Waals surface area contributed by atoms with Crippen LogP contribution in [0.4, 0.5) is 10.8 Å². The molecule has 2 amide bonds. The summed E-state index contributed by atoms with van der Waals surface area (Å²) in [4.78, 5) is 24.2. The average Bonchev–Trinajstić information content (AvgIpc) is 3.35.